The van der Waals surface area contributed by atoms with Crippen molar-refractivity contribution in [1.82, 2.24) is 29.5 Å². The lowest BCUT2D eigenvalue weighted by Gasteiger charge is -1.97. The van der Waals surface area contributed by atoms with Gasteiger partial charge in [-0.05, 0) is 12.1 Å². The highest BCUT2D eigenvalue weighted by molar-refractivity contribution is 6.29. The maximum absolute atomic E-state index is 5.88. The summed E-state index contributed by atoms with van der Waals surface area (Å²) < 4.78 is 7.09. The van der Waals surface area contributed by atoms with E-state index in [0.717, 1.165) is 0 Å². The second kappa shape index (κ2) is 4.78. The zero-order valence-electron chi connectivity index (χ0n) is 11.0. The van der Waals surface area contributed by atoms with E-state index in [1.54, 1.807) is 36.9 Å². The molecule has 0 amide bonds. The molecule has 4 aromatic rings. The zero-order chi connectivity index (χ0) is 15.1. The van der Waals surface area contributed by atoms with Crippen LogP contribution < -0.4 is 5.73 Å². The molecule has 4 heterocycles. The number of fused-ring (bicyclic) bond motifs is 1. The number of hydrogen-bond acceptors (Lipinski definition) is 7. The van der Waals surface area contributed by atoms with Gasteiger partial charge in [0.2, 0.25) is 5.82 Å². The van der Waals surface area contributed by atoms with Crippen LogP contribution in [0, 0.1) is 0 Å². The fraction of sp³-hybridized carbons (Fsp3) is 0. The number of pyridine rings is 1. The van der Waals surface area contributed by atoms with Crippen LogP contribution in [0.4, 0.5) is 5.82 Å². The normalized spacial score (nSPS) is 11.1. The molecule has 108 valence electrons. The van der Waals surface area contributed by atoms with Crippen molar-refractivity contribution in [2.45, 2.75) is 0 Å². The fourth-order valence-electron chi connectivity index (χ4n) is 2.09. The SMILES string of the molecule is Nc1cc(-c2nc(-c3cnc4cnccn34)no2)cc(Cl)n1. The van der Waals surface area contributed by atoms with Crippen molar-refractivity contribution in [2.24, 2.45) is 0 Å². The van der Waals surface area contributed by atoms with Crippen LogP contribution in [-0.4, -0.2) is 29.5 Å². The molecule has 0 saturated carbocycles. The Balaban J connectivity index is 1.81. The third-order valence-electron chi connectivity index (χ3n) is 3.03. The maximum Gasteiger partial charge on any atom is 0.258 e. The van der Waals surface area contributed by atoms with Crippen LogP contribution in [0.25, 0.3) is 28.6 Å². The molecule has 0 bridgehead atoms. The number of nitrogens with two attached hydrogens (primary N) is 1. The lowest BCUT2D eigenvalue weighted by molar-refractivity contribution is 0.432. The number of nitrogens with zero attached hydrogens (tertiary/aromatic N) is 6. The molecular weight excluding hydrogens is 306 g/mol. The summed E-state index contributed by atoms with van der Waals surface area (Å²) in [7, 11) is 0. The van der Waals surface area contributed by atoms with Gasteiger partial charge in [0.15, 0.2) is 5.65 Å². The van der Waals surface area contributed by atoms with Gasteiger partial charge >= 0.3 is 0 Å². The monoisotopic (exact) mass is 313 g/mol. The molecular formula is C13H8ClN7O. The van der Waals surface area contributed by atoms with Crippen molar-refractivity contribution >= 4 is 23.1 Å². The van der Waals surface area contributed by atoms with Crippen LogP contribution in [0.5, 0.6) is 0 Å². The van der Waals surface area contributed by atoms with Crippen LogP contribution in [0.1, 0.15) is 0 Å². The summed E-state index contributed by atoms with van der Waals surface area (Å²) in [6, 6.07) is 3.22. The molecule has 0 radical (unpaired) electrons. The van der Waals surface area contributed by atoms with Gasteiger partial charge in [-0.2, -0.15) is 4.98 Å². The summed E-state index contributed by atoms with van der Waals surface area (Å²) in [5.74, 6) is 0.985. The Bertz CT molecular complexity index is 957. The molecule has 0 aliphatic rings. The molecule has 0 aliphatic heterocycles. The van der Waals surface area contributed by atoms with Gasteiger partial charge in [-0.25, -0.2) is 9.97 Å². The Kier molecular flexibility index (Phi) is 2.76. The Labute approximate surface area is 128 Å². The molecule has 9 heteroatoms. The highest BCUT2D eigenvalue weighted by Gasteiger charge is 2.15. The Morgan fingerprint density at radius 3 is 2.95 bits per heavy atom. The van der Waals surface area contributed by atoms with E-state index < -0.39 is 0 Å². The van der Waals surface area contributed by atoms with Crippen molar-refractivity contribution < 1.29 is 4.52 Å². The number of rotatable bonds is 2. The highest BCUT2D eigenvalue weighted by atomic mass is 35.5. The second-order valence-corrected chi connectivity index (χ2v) is 4.86. The van der Waals surface area contributed by atoms with Crippen LogP contribution in [-0.2, 0) is 0 Å². The van der Waals surface area contributed by atoms with Gasteiger partial charge in [0.05, 0.1) is 12.4 Å². The topological polar surface area (TPSA) is 108 Å². The standard InChI is InChI=1S/C13H8ClN7O/c14-9-3-7(4-10(15)18-9)13-19-12(20-22-13)8-5-17-11-6-16-1-2-21(8)11/h1-6H,(H2,15,18). The lowest BCUT2D eigenvalue weighted by atomic mass is 10.2. The minimum Gasteiger partial charge on any atom is -0.384 e. The highest BCUT2D eigenvalue weighted by Crippen LogP contribution is 2.25. The van der Waals surface area contributed by atoms with Gasteiger partial charge in [-0.15, -0.1) is 0 Å². The van der Waals surface area contributed by atoms with E-state index in [-0.39, 0.29) is 11.0 Å². The first-order valence-electron chi connectivity index (χ1n) is 6.25. The summed E-state index contributed by atoms with van der Waals surface area (Å²) >= 11 is 5.88. The van der Waals surface area contributed by atoms with Crippen LogP contribution in [0.2, 0.25) is 5.15 Å². The molecule has 8 nitrogen and oxygen atoms in total. The molecule has 0 aromatic carbocycles. The number of halogens is 1. The van der Waals surface area contributed by atoms with Gasteiger partial charge in [0, 0.05) is 18.0 Å². The van der Waals surface area contributed by atoms with Crippen LogP contribution >= 0.6 is 11.6 Å². The minimum atomic E-state index is 0.260. The van der Waals surface area contributed by atoms with E-state index in [1.165, 1.54) is 0 Å². The Morgan fingerprint density at radius 2 is 2.09 bits per heavy atom. The quantitative estimate of drug-likeness (QED) is 0.564. The molecule has 0 aliphatic carbocycles. The molecule has 2 N–H and O–H groups in total. The minimum absolute atomic E-state index is 0.260. The number of hydrogen-bond donors (Lipinski definition) is 1. The lowest BCUT2D eigenvalue weighted by Crippen LogP contribution is -1.92. The molecule has 0 saturated heterocycles. The average molecular weight is 314 g/mol. The van der Waals surface area contributed by atoms with E-state index in [0.29, 0.717) is 28.6 Å². The predicted molar refractivity (Wildman–Crippen MR) is 78.9 cm³/mol. The summed E-state index contributed by atoms with van der Waals surface area (Å²) in [5, 5.41) is 4.23. The van der Waals surface area contributed by atoms with E-state index in [4.69, 9.17) is 21.9 Å². The molecule has 0 fully saturated rings. The van der Waals surface area contributed by atoms with E-state index in [1.807, 2.05) is 4.40 Å². The molecule has 0 unspecified atom stereocenters. The van der Waals surface area contributed by atoms with Crippen LogP contribution in [0.15, 0.2) is 41.4 Å². The van der Waals surface area contributed by atoms with Crippen molar-refractivity contribution in [3.05, 3.63) is 42.1 Å². The second-order valence-electron chi connectivity index (χ2n) is 4.47. The molecule has 4 rings (SSSR count). The van der Waals surface area contributed by atoms with Gasteiger partial charge in [-0.3, -0.25) is 9.38 Å². The number of anilines is 1. The fourth-order valence-corrected chi connectivity index (χ4v) is 2.31. The summed E-state index contributed by atoms with van der Waals surface area (Å²) in [6.45, 7) is 0. The largest absolute Gasteiger partial charge is 0.384 e. The van der Waals surface area contributed by atoms with Gasteiger partial charge in [0.1, 0.15) is 16.7 Å². The van der Waals surface area contributed by atoms with Crippen molar-refractivity contribution in [1.29, 1.82) is 0 Å². The van der Waals surface area contributed by atoms with Crippen molar-refractivity contribution in [2.75, 3.05) is 5.73 Å². The molecule has 22 heavy (non-hydrogen) atoms. The van der Waals surface area contributed by atoms with Gasteiger partial charge in [0.25, 0.3) is 5.89 Å². The van der Waals surface area contributed by atoms with E-state index >= 15 is 0 Å². The van der Waals surface area contributed by atoms with E-state index in [9.17, 15) is 0 Å². The zero-order valence-corrected chi connectivity index (χ0v) is 11.8. The molecule has 0 spiro atoms. The predicted octanol–water partition coefficient (Wildman–Crippen LogP) is 2.08. The van der Waals surface area contributed by atoms with Crippen molar-refractivity contribution in [3.63, 3.8) is 0 Å². The third-order valence-corrected chi connectivity index (χ3v) is 3.23. The maximum atomic E-state index is 5.88. The summed E-state index contributed by atoms with van der Waals surface area (Å²) in [4.78, 5) is 16.5. The average Bonchev–Trinajstić information content (AvgIpc) is 3.12. The van der Waals surface area contributed by atoms with E-state index in [2.05, 4.69) is 25.1 Å². The number of aromatic nitrogens is 6. The van der Waals surface area contributed by atoms with Gasteiger partial charge in [-0.1, -0.05) is 16.8 Å². The third kappa shape index (κ3) is 2.06. The molecule has 0 atom stereocenters. The number of imidazole rings is 1. The Hall–Kier alpha value is -3.00. The Morgan fingerprint density at radius 1 is 1.18 bits per heavy atom. The molecule has 4 aromatic heterocycles. The first-order valence-corrected chi connectivity index (χ1v) is 6.63. The van der Waals surface area contributed by atoms with Crippen molar-refractivity contribution in [3.8, 4) is 23.0 Å². The van der Waals surface area contributed by atoms with Crippen LogP contribution in [0.3, 0.4) is 0 Å². The first-order chi connectivity index (χ1) is 10.7. The number of nitrogen functional groups attached to an aromatic ring is 1. The summed E-state index contributed by atoms with van der Waals surface area (Å²) in [5.41, 5.74) is 7.66. The summed E-state index contributed by atoms with van der Waals surface area (Å²) in [6.07, 6.45) is 6.73. The smallest absolute Gasteiger partial charge is 0.258 e. The first kappa shape index (κ1) is 12.7. The van der Waals surface area contributed by atoms with Gasteiger partial charge < -0.3 is 10.3 Å².